The molecule has 0 heterocycles. The minimum absolute atomic E-state index is 0.308. The molecule has 0 atom stereocenters. The monoisotopic (exact) mass is 286 g/mol. The van der Waals surface area contributed by atoms with Crippen molar-refractivity contribution < 1.29 is 4.79 Å². The molecule has 2 rings (SSSR count). The Balaban J connectivity index is 2.16. The zero-order chi connectivity index (χ0) is 14.4. The Morgan fingerprint density at radius 2 is 1.75 bits per heavy atom. The molecule has 0 unspecified atom stereocenters. The first-order chi connectivity index (χ1) is 9.72. The molecule has 0 spiro atoms. The number of rotatable bonds is 4. The minimum Gasteiger partial charge on any atom is -0.267 e. The molecule has 1 N–H and O–H groups in total. The van der Waals surface area contributed by atoms with Gasteiger partial charge in [0.1, 0.15) is 0 Å². The van der Waals surface area contributed by atoms with E-state index >= 15 is 0 Å². The van der Waals surface area contributed by atoms with E-state index in [1.165, 1.54) is 0 Å². The summed E-state index contributed by atoms with van der Waals surface area (Å²) in [5.41, 5.74) is 4.79. The standard InChI is InChI=1S/C16H15ClN2O/c1-2-15(12-8-4-3-5-9-12)18-19-16(20)13-10-6-7-11-14(13)17/h3-11H,2H2,1H3,(H,19,20). The lowest BCUT2D eigenvalue weighted by Crippen LogP contribution is -2.20. The summed E-state index contributed by atoms with van der Waals surface area (Å²) in [4.78, 5) is 12.0. The fourth-order valence-corrected chi connectivity index (χ4v) is 2.02. The average molecular weight is 287 g/mol. The van der Waals surface area contributed by atoms with Gasteiger partial charge in [0.05, 0.1) is 16.3 Å². The largest absolute Gasteiger partial charge is 0.272 e. The summed E-state index contributed by atoms with van der Waals surface area (Å²) in [5.74, 6) is -0.308. The highest BCUT2D eigenvalue weighted by atomic mass is 35.5. The van der Waals surface area contributed by atoms with Gasteiger partial charge >= 0.3 is 0 Å². The highest BCUT2D eigenvalue weighted by molar-refractivity contribution is 6.33. The van der Waals surface area contributed by atoms with Gasteiger partial charge in [-0.25, -0.2) is 5.43 Å². The Labute approximate surface area is 123 Å². The van der Waals surface area contributed by atoms with Crippen LogP contribution in [0.15, 0.2) is 59.7 Å². The summed E-state index contributed by atoms with van der Waals surface area (Å²) in [7, 11) is 0. The normalized spacial score (nSPS) is 11.2. The molecular formula is C16H15ClN2O. The SMILES string of the molecule is CCC(=NNC(=O)c1ccccc1Cl)c1ccccc1. The molecule has 4 heteroatoms. The Hall–Kier alpha value is -2.13. The number of nitrogens with one attached hydrogen (secondary N) is 1. The molecule has 0 aliphatic carbocycles. The molecule has 3 nitrogen and oxygen atoms in total. The highest BCUT2D eigenvalue weighted by Gasteiger charge is 2.09. The van der Waals surface area contributed by atoms with Crippen molar-refractivity contribution in [3.05, 3.63) is 70.7 Å². The number of benzene rings is 2. The van der Waals surface area contributed by atoms with Gasteiger partial charge in [-0.05, 0) is 24.1 Å². The summed E-state index contributed by atoms with van der Waals surface area (Å²) in [5, 5.41) is 4.60. The Kier molecular flexibility index (Phi) is 4.91. The zero-order valence-corrected chi connectivity index (χ0v) is 11.9. The number of halogens is 1. The maximum atomic E-state index is 12.0. The van der Waals surface area contributed by atoms with E-state index in [9.17, 15) is 4.79 Å². The maximum absolute atomic E-state index is 12.0. The molecular weight excluding hydrogens is 272 g/mol. The first kappa shape index (κ1) is 14.3. The van der Waals surface area contributed by atoms with Gasteiger partial charge in [-0.15, -0.1) is 0 Å². The second-order valence-corrected chi connectivity index (χ2v) is 4.61. The van der Waals surface area contributed by atoms with Crippen molar-refractivity contribution in [3.63, 3.8) is 0 Å². The van der Waals surface area contributed by atoms with E-state index in [1.54, 1.807) is 24.3 Å². The van der Waals surface area contributed by atoms with E-state index in [4.69, 9.17) is 11.6 Å². The van der Waals surface area contributed by atoms with Gasteiger partial charge in [0.15, 0.2) is 0 Å². The van der Waals surface area contributed by atoms with Crippen LogP contribution in [-0.4, -0.2) is 11.6 Å². The van der Waals surface area contributed by atoms with Gasteiger partial charge in [-0.2, -0.15) is 5.10 Å². The summed E-state index contributed by atoms with van der Waals surface area (Å²) in [6.07, 6.45) is 0.729. The van der Waals surface area contributed by atoms with E-state index in [2.05, 4.69) is 10.5 Å². The third-order valence-electron chi connectivity index (χ3n) is 2.85. The smallest absolute Gasteiger partial charge is 0.267 e. The van der Waals surface area contributed by atoms with Crippen LogP contribution in [0.3, 0.4) is 0 Å². The van der Waals surface area contributed by atoms with Crippen LogP contribution in [0.25, 0.3) is 0 Å². The molecule has 0 bridgehead atoms. The van der Waals surface area contributed by atoms with Gasteiger partial charge < -0.3 is 0 Å². The summed E-state index contributed by atoms with van der Waals surface area (Å²) < 4.78 is 0. The lowest BCUT2D eigenvalue weighted by Gasteiger charge is -2.06. The van der Waals surface area contributed by atoms with E-state index in [0.717, 1.165) is 17.7 Å². The van der Waals surface area contributed by atoms with Crippen molar-refractivity contribution >= 4 is 23.2 Å². The molecule has 20 heavy (non-hydrogen) atoms. The molecule has 2 aromatic carbocycles. The molecule has 0 radical (unpaired) electrons. The van der Waals surface area contributed by atoms with Crippen LogP contribution >= 0.6 is 11.6 Å². The molecule has 102 valence electrons. The molecule has 1 amide bonds. The Morgan fingerprint density at radius 1 is 1.10 bits per heavy atom. The van der Waals surface area contributed by atoms with Gasteiger partial charge in [-0.1, -0.05) is 61.0 Å². The molecule has 0 aliphatic rings. The first-order valence-electron chi connectivity index (χ1n) is 6.39. The van der Waals surface area contributed by atoms with Gasteiger partial charge in [0, 0.05) is 0 Å². The average Bonchev–Trinajstić information content (AvgIpc) is 2.49. The Bertz CT molecular complexity index is 623. The van der Waals surface area contributed by atoms with Gasteiger partial charge in [-0.3, -0.25) is 4.79 Å². The maximum Gasteiger partial charge on any atom is 0.272 e. The van der Waals surface area contributed by atoms with Crippen LogP contribution < -0.4 is 5.43 Å². The van der Waals surface area contributed by atoms with Crippen LogP contribution in [-0.2, 0) is 0 Å². The van der Waals surface area contributed by atoms with E-state index in [0.29, 0.717) is 10.6 Å². The van der Waals surface area contributed by atoms with Crippen molar-refractivity contribution in [2.45, 2.75) is 13.3 Å². The number of carbonyl (C=O) groups excluding carboxylic acids is 1. The number of hydrogen-bond acceptors (Lipinski definition) is 2. The molecule has 0 fully saturated rings. The van der Waals surface area contributed by atoms with Gasteiger partial charge in [0.2, 0.25) is 0 Å². The van der Waals surface area contributed by atoms with Crippen molar-refractivity contribution in [1.82, 2.24) is 5.43 Å². The number of hydrogen-bond donors (Lipinski definition) is 1. The number of carbonyl (C=O) groups is 1. The first-order valence-corrected chi connectivity index (χ1v) is 6.77. The lowest BCUT2D eigenvalue weighted by molar-refractivity contribution is 0.0955. The predicted octanol–water partition coefficient (Wildman–Crippen LogP) is 3.88. The quantitative estimate of drug-likeness (QED) is 0.672. The highest BCUT2D eigenvalue weighted by Crippen LogP contribution is 2.14. The van der Waals surface area contributed by atoms with Crippen molar-refractivity contribution in [3.8, 4) is 0 Å². The second-order valence-electron chi connectivity index (χ2n) is 4.20. The second kappa shape index (κ2) is 6.87. The fourth-order valence-electron chi connectivity index (χ4n) is 1.80. The molecule has 0 saturated heterocycles. The molecule has 0 aromatic heterocycles. The minimum atomic E-state index is -0.308. The molecule has 2 aromatic rings. The van der Waals surface area contributed by atoms with Crippen molar-refractivity contribution in [2.75, 3.05) is 0 Å². The third kappa shape index (κ3) is 3.45. The summed E-state index contributed by atoms with van der Waals surface area (Å²) in [6, 6.07) is 16.6. The lowest BCUT2D eigenvalue weighted by atomic mass is 10.1. The van der Waals surface area contributed by atoms with Crippen LogP contribution in [0.1, 0.15) is 29.3 Å². The Morgan fingerprint density at radius 3 is 2.40 bits per heavy atom. The molecule has 0 saturated carbocycles. The van der Waals surface area contributed by atoms with Crippen LogP contribution in [0, 0.1) is 0 Å². The van der Waals surface area contributed by atoms with E-state index in [-0.39, 0.29) is 5.91 Å². The van der Waals surface area contributed by atoms with E-state index in [1.807, 2.05) is 37.3 Å². The zero-order valence-electron chi connectivity index (χ0n) is 11.1. The van der Waals surface area contributed by atoms with Crippen molar-refractivity contribution in [2.24, 2.45) is 5.10 Å². The van der Waals surface area contributed by atoms with Crippen LogP contribution in [0.5, 0.6) is 0 Å². The summed E-state index contributed by atoms with van der Waals surface area (Å²) >= 11 is 5.98. The number of nitrogens with zero attached hydrogens (tertiary/aromatic N) is 1. The number of amides is 1. The van der Waals surface area contributed by atoms with Crippen molar-refractivity contribution in [1.29, 1.82) is 0 Å². The van der Waals surface area contributed by atoms with Gasteiger partial charge in [0.25, 0.3) is 5.91 Å². The topological polar surface area (TPSA) is 41.5 Å². The molecule has 0 aliphatic heterocycles. The third-order valence-corrected chi connectivity index (χ3v) is 3.18. The fraction of sp³-hybridized carbons (Fsp3) is 0.125. The van der Waals surface area contributed by atoms with Crippen LogP contribution in [0.2, 0.25) is 5.02 Å². The number of hydrazone groups is 1. The van der Waals surface area contributed by atoms with Crippen LogP contribution in [0.4, 0.5) is 0 Å². The van der Waals surface area contributed by atoms with E-state index < -0.39 is 0 Å². The predicted molar refractivity (Wildman–Crippen MR) is 82.2 cm³/mol. The summed E-state index contributed by atoms with van der Waals surface area (Å²) in [6.45, 7) is 1.99.